The summed E-state index contributed by atoms with van der Waals surface area (Å²) in [5.41, 5.74) is 14.9. The van der Waals surface area contributed by atoms with Crippen LogP contribution in [0.4, 0.5) is 25.8 Å². The summed E-state index contributed by atoms with van der Waals surface area (Å²) in [4.78, 5) is 226. The van der Waals surface area contributed by atoms with Gasteiger partial charge < -0.3 is 95.9 Å². The molecule has 0 unspecified atom stereocenters. The van der Waals surface area contributed by atoms with Gasteiger partial charge in [0.25, 0.3) is 0 Å². The summed E-state index contributed by atoms with van der Waals surface area (Å²) in [7, 11) is 1.11. The van der Waals surface area contributed by atoms with Gasteiger partial charge in [-0.3, -0.25) is 72.5 Å². The molecule has 0 radical (unpaired) electrons. The van der Waals surface area contributed by atoms with Gasteiger partial charge in [-0.05, 0) is 127 Å². The molecule has 2 aliphatic heterocycles. The molecule has 0 aliphatic carbocycles. The lowest BCUT2D eigenvalue weighted by Gasteiger charge is -2.31. The molecule has 7 rings (SSSR count). The molecule has 5 aromatic rings. The molecule has 630 valence electrons. The smallest absolute Gasteiger partial charge is 0.338 e. The van der Waals surface area contributed by atoms with E-state index in [2.05, 4.69) is 74.4 Å². The van der Waals surface area contributed by atoms with Crippen LogP contribution in [-0.2, 0) is 92.8 Å². The van der Waals surface area contributed by atoms with Gasteiger partial charge in [0.2, 0.25) is 76.8 Å². The second kappa shape index (κ2) is 45.1. The van der Waals surface area contributed by atoms with Crippen LogP contribution in [0.15, 0.2) is 115 Å². The standard InChI is InChI=1S/C79H104ClN19O18/c1-42(2)33-56(68(105)89-55(15-10-11-31-83-43(3)4)76(113)99-32-12-16-64(99)75(112)85-44(5)66(81)103)90-70(107)58(36-48-22-29-54(30-23-48)88-77(82)114)92-71(108)59(37-47-20-27-53(28-21-47)87-67(104)61-39-65(102)97-79(116)96-61)93-74(111)63(41-100)95-73(110)62(40-84-78(115)98-117-7)94-72(109)60(35-46-18-25-52(80)26-19-46)91-69(106)57(86-45(6)101)38-49-17-24-50-13-8-9-14-51(50)34-49/h8-9,13-14,17-30,34,42-44,55-64,83,100H,10-12,15-16,31-33,35-41H2,1-7H3,(H2,81,103)(H,85,112)(H,86,101)(H,87,104)(H,89,105)(H,90,107)(H,91,106)(H,92,108)(H,93,111)(H,94,109)(H,95,110)(H3,82,88,114)(H2,84,98,115)(H2,96,97,102,116)/t44-,55+,56+,57-,58-,59+,60-,61+,62-,63+,64+/m1/s1. The van der Waals surface area contributed by atoms with E-state index in [0.29, 0.717) is 47.5 Å². The second-order valence-electron chi connectivity index (χ2n) is 29.2. The Kier molecular flexibility index (Phi) is 35.4. The van der Waals surface area contributed by atoms with Crippen LogP contribution < -0.4 is 96.7 Å². The van der Waals surface area contributed by atoms with Gasteiger partial charge in [0.15, 0.2) is 0 Å². The number of benzene rings is 5. The summed E-state index contributed by atoms with van der Waals surface area (Å²) in [6, 6.07) is 11.8. The monoisotopic (exact) mass is 1640 g/mol. The van der Waals surface area contributed by atoms with Crippen LogP contribution in [0.2, 0.25) is 5.02 Å². The van der Waals surface area contributed by atoms with Crippen molar-refractivity contribution in [1.29, 1.82) is 0 Å². The lowest BCUT2D eigenvalue weighted by Crippen LogP contribution is -2.63. The van der Waals surface area contributed by atoms with E-state index in [1.165, 1.54) is 79.4 Å². The molecule has 19 amide bonds. The molecule has 38 heteroatoms. The van der Waals surface area contributed by atoms with Crippen molar-refractivity contribution in [2.24, 2.45) is 17.4 Å². The fourth-order valence-electron chi connectivity index (χ4n) is 12.9. The number of nitrogens with two attached hydrogens (primary N) is 2. The largest absolute Gasteiger partial charge is 0.394 e. The number of hydrogen-bond donors (Lipinski definition) is 19. The number of nitrogens with one attached hydrogen (secondary N) is 16. The number of aliphatic hydroxyl groups excluding tert-OH is 1. The summed E-state index contributed by atoms with van der Waals surface area (Å²) >= 11 is 6.23. The van der Waals surface area contributed by atoms with Gasteiger partial charge >= 0.3 is 18.1 Å². The first-order chi connectivity index (χ1) is 55.6. The topological polar surface area (TPSA) is 550 Å². The molecular weight excluding hydrogens is 1540 g/mol. The Morgan fingerprint density at radius 1 is 0.564 bits per heavy atom. The minimum Gasteiger partial charge on any atom is -0.394 e. The van der Waals surface area contributed by atoms with E-state index >= 15 is 9.59 Å². The number of halogens is 1. The van der Waals surface area contributed by atoms with Crippen LogP contribution >= 0.6 is 11.6 Å². The highest BCUT2D eigenvalue weighted by atomic mass is 35.5. The average molecular weight is 1640 g/mol. The van der Waals surface area contributed by atoms with Crippen LogP contribution in [0.3, 0.4) is 0 Å². The molecule has 11 atom stereocenters. The van der Waals surface area contributed by atoms with Crippen molar-refractivity contribution in [2.45, 2.75) is 185 Å². The van der Waals surface area contributed by atoms with Gasteiger partial charge in [-0.2, -0.15) is 0 Å². The molecule has 2 heterocycles. The maximum atomic E-state index is 15.4. The van der Waals surface area contributed by atoms with E-state index in [1.54, 1.807) is 32.0 Å². The molecule has 0 aromatic heterocycles. The molecule has 117 heavy (non-hydrogen) atoms. The van der Waals surface area contributed by atoms with Crippen molar-refractivity contribution in [1.82, 2.24) is 79.5 Å². The summed E-state index contributed by atoms with van der Waals surface area (Å²) < 4.78 is 0. The Labute approximate surface area is 680 Å². The number of nitrogens with zero attached hydrogens (tertiary/aromatic N) is 1. The fraction of sp³-hybridized carbons (Fsp3) is 0.443. The molecule has 2 saturated heterocycles. The molecule has 5 aromatic carbocycles. The van der Waals surface area contributed by atoms with Crippen molar-refractivity contribution >= 4 is 129 Å². The van der Waals surface area contributed by atoms with E-state index in [1.807, 2.05) is 61.0 Å². The summed E-state index contributed by atoms with van der Waals surface area (Å²) in [6.07, 6.45) is 0.148. The highest BCUT2D eigenvalue weighted by molar-refractivity contribution is 6.30. The SMILES string of the molecule is CONC(=O)NC[C@@H](NC(=O)[C@@H](Cc1ccc(Cl)cc1)NC(=O)[C@@H](Cc1ccc2ccccc2c1)NC(C)=O)C(=O)N[C@@H](CO)C(=O)N[C@@H](Cc1ccc(NC(=O)[C@@H]2CC(=O)NC(=O)N2)cc1)C(=O)N[C@H](Cc1ccc(NC(N)=O)cc1)C(=O)N[C@@H](CC(C)C)C(=O)N[C@@H](CCCCNC(C)C)C(=O)N1CCC[C@H]1C(=O)N[C@H](C)C(N)=O. The number of anilines is 2. The number of unbranched alkanes of at least 4 members (excludes halogenated alkanes) is 1. The Morgan fingerprint density at radius 2 is 1.05 bits per heavy atom. The van der Waals surface area contributed by atoms with Crippen LogP contribution in [0.1, 0.15) is 109 Å². The first-order valence-corrected chi connectivity index (χ1v) is 38.6. The van der Waals surface area contributed by atoms with E-state index < -0.39 is 181 Å². The molecule has 2 aliphatic rings. The number of aliphatic hydroxyl groups is 1. The molecule has 0 spiro atoms. The predicted molar refractivity (Wildman–Crippen MR) is 430 cm³/mol. The highest BCUT2D eigenvalue weighted by Gasteiger charge is 2.41. The number of hydrogen-bond acceptors (Lipinski definition) is 19. The quantitative estimate of drug-likeness (QED) is 0.0177. The van der Waals surface area contributed by atoms with Crippen molar-refractivity contribution in [2.75, 3.05) is 44.0 Å². The summed E-state index contributed by atoms with van der Waals surface area (Å²) in [5.74, 6) is -11.7. The Morgan fingerprint density at radius 3 is 1.58 bits per heavy atom. The summed E-state index contributed by atoms with van der Waals surface area (Å²) in [5, 5.41) is 51.8. The number of urea groups is 3. The number of carbonyl (C=O) groups excluding carboxylic acids is 16. The number of primary amides is 2. The Balaban J connectivity index is 1.21. The number of amides is 19. The first-order valence-electron chi connectivity index (χ1n) is 38.2. The number of fused-ring (bicyclic) bond motifs is 1. The zero-order chi connectivity index (χ0) is 85.6. The van der Waals surface area contributed by atoms with Crippen molar-refractivity contribution in [3.05, 3.63) is 143 Å². The van der Waals surface area contributed by atoms with Gasteiger partial charge in [-0.25, -0.2) is 19.9 Å². The van der Waals surface area contributed by atoms with E-state index in [4.69, 9.17) is 27.9 Å². The fourth-order valence-corrected chi connectivity index (χ4v) is 13.1. The molecule has 0 saturated carbocycles. The predicted octanol–water partition coefficient (Wildman–Crippen LogP) is -0.262. The minimum absolute atomic E-state index is 0.0400. The van der Waals surface area contributed by atoms with Gasteiger partial charge in [0.05, 0.1) is 20.1 Å². The zero-order valence-corrected chi connectivity index (χ0v) is 66.7. The third kappa shape index (κ3) is 29.8. The van der Waals surface area contributed by atoms with Crippen molar-refractivity contribution in [3.63, 3.8) is 0 Å². The summed E-state index contributed by atoms with van der Waals surface area (Å²) in [6.45, 7) is 8.78. The maximum Gasteiger partial charge on any atom is 0.338 e. The third-order valence-corrected chi connectivity index (χ3v) is 19.2. The van der Waals surface area contributed by atoms with Gasteiger partial charge in [-0.1, -0.05) is 118 Å². The first kappa shape index (κ1) is 91.8. The highest BCUT2D eigenvalue weighted by Crippen LogP contribution is 2.23. The average Bonchev–Trinajstić information content (AvgIpc) is 1.81. The van der Waals surface area contributed by atoms with Crippen molar-refractivity contribution < 1.29 is 86.7 Å². The Hall–Kier alpha value is -12.3. The van der Waals surface area contributed by atoms with E-state index in [-0.39, 0.29) is 80.4 Å². The van der Waals surface area contributed by atoms with Crippen LogP contribution in [0.5, 0.6) is 0 Å². The minimum atomic E-state index is -2.02. The number of carbonyl (C=O) groups is 16. The number of hydroxylamine groups is 1. The lowest BCUT2D eigenvalue weighted by molar-refractivity contribution is -0.142. The van der Waals surface area contributed by atoms with Crippen LogP contribution in [0, 0.1) is 5.92 Å². The molecule has 21 N–H and O–H groups in total. The molecule has 37 nitrogen and oxygen atoms in total. The van der Waals surface area contributed by atoms with Gasteiger partial charge in [0.1, 0.15) is 66.5 Å². The van der Waals surface area contributed by atoms with Crippen LogP contribution in [0.25, 0.3) is 10.8 Å². The zero-order valence-electron chi connectivity index (χ0n) is 65.9. The number of likely N-dealkylation sites (tertiary alicyclic amines) is 1. The number of imide groups is 1. The van der Waals surface area contributed by atoms with Gasteiger partial charge in [-0.15, -0.1) is 0 Å². The second-order valence-corrected chi connectivity index (χ2v) is 29.6. The molecule has 2 fully saturated rings. The normalized spacial score (nSPS) is 16.1. The van der Waals surface area contributed by atoms with E-state index in [9.17, 15) is 72.2 Å². The number of rotatable bonds is 42. The van der Waals surface area contributed by atoms with Crippen LogP contribution in [-0.4, -0.2) is 211 Å². The third-order valence-electron chi connectivity index (χ3n) is 18.9. The van der Waals surface area contributed by atoms with E-state index in [0.717, 1.165) is 17.9 Å². The maximum absolute atomic E-state index is 15.4. The Bertz CT molecular complexity index is 4370. The molecule has 0 bridgehead atoms. The van der Waals surface area contributed by atoms with Crippen molar-refractivity contribution in [3.8, 4) is 0 Å². The molecular formula is C79H104ClN19O18. The lowest BCUT2D eigenvalue weighted by atomic mass is 9.99. The van der Waals surface area contributed by atoms with Gasteiger partial charge in [0, 0.05) is 68.1 Å².